The molecule has 234 valence electrons. The Kier molecular flexibility index (Phi) is 6.40. The first-order valence-corrected chi connectivity index (χ1v) is 17.0. The molecule has 0 saturated carbocycles. The lowest BCUT2D eigenvalue weighted by Crippen LogP contribution is -2.32. The number of benzene rings is 7. The third kappa shape index (κ3) is 4.17. The summed E-state index contributed by atoms with van der Waals surface area (Å²) in [6, 6.07) is 64.0. The van der Waals surface area contributed by atoms with Gasteiger partial charge >= 0.3 is 0 Å². The highest BCUT2D eigenvalue weighted by Gasteiger charge is 2.51. The van der Waals surface area contributed by atoms with Crippen LogP contribution in [-0.4, -0.2) is 9.97 Å². The van der Waals surface area contributed by atoms with Crippen LogP contribution in [0.1, 0.15) is 22.3 Å². The van der Waals surface area contributed by atoms with E-state index in [0.29, 0.717) is 5.82 Å². The molecule has 7 aromatic carbocycles. The summed E-state index contributed by atoms with van der Waals surface area (Å²) in [5.74, 6) is 2.39. The fourth-order valence-corrected chi connectivity index (χ4v) is 8.08. The molecule has 10 rings (SSSR count). The topological polar surface area (TPSA) is 35.0 Å². The van der Waals surface area contributed by atoms with Crippen LogP contribution in [0.2, 0.25) is 0 Å². The highest BCUT2D eigenvalue weighted by molar-refractivity contribution is 5.92. The van der Waals surface area contributed by atoms with Crippen molar-refractivity contribution in [1.82, 2.24) is 9.97 Å². The molecule has 3 nitrogen and oxygen atoms in total. The van der Waals surface area contributed by atoms with Crippen LogP contribution in [0.3, 0.4) is 0 Å². The lowest BCUT2D eigenvalue weighted by Gasteiger charge is -2.40. The van der Waals surface area contributed by atoms with Crippen molar-refractivity contribution >= 4 is 0 Å². The Morgan fingerprint density at radius 2 is 0.820 bits per heavy atom. The molecule has 0 saturated heterocycles. The molecule has 1 aromatic heterocycles. The van der Waals surface area contributed by atoms with Crippen LogP contribution in [0.15, 0.2) is 182 Å². The van der Waals surface area contributed by atoms with E-state index in [1.54, 1.807) is 0 Å². The minimum Gasteiger partial charge on any atom is -0.456 e. The average Bonchev–Trinajstić information content (AvgIpc) is 3.49. The van der Waals surface area contributed by atoms with Crippen LogP contribution >= 0.6 is 0 Å². The average molecular weight is 639 g/mol. The van der Waals surface area contributed by atoms with E-state index < -0.39 is 5.41 Å². The Labute approximate surface area is 291 Å². The van der Waals surface area contributed by atoms with Crippen molar-refractivity contribution in [2.24, 2.45) is 0 Å². The molecule has 0 fully saturated rings. The van der Waals surface area contributed by atoms with Crippen molar-refractivity contribution in [1.29, 1.82) is 0 Å². The van der Waals surface area contributed by atoms with Crippen LogP contribution in [0.25, 0.3) is 56.2 Å². The summed E-state index contributed by atoms with van der Waals surface area (Å²) in [5, 5.41) is 0. The maximum Gasteiger partial charge on any atom is 0.161 e. The quantitative estimate of drug-likeness (QED) is 0.192. The maximum atomic E-state index is 7.02. The molecule has 1 aliphatic heterocycles. The first kappa shape index (κ1) is 28.4. The number of rotatable bonds is 4. The maximum absolute atomic E-state index is 7.02. The van der Waals surface area contributed by atoms with Crippen LogP contribution in [-0.2, 0) is 5.41 Å². The van der Waals surface area contributed by atoms with Crippen LogP contribution in [0, 0.1) is 0 Å². The fourth-order valence-electron chi connectivity index (χ4n) is 8.08. The summed E-state index contributed by atoms with van der Waals surface area (Å²) < 4.78 is 7.02. The Morgan fingerprint density at radius 1 is 0.360 bits per heavy atom. The zero-order chi connectivity index (χ0) is 33.1. The van der Waals surface area contributed by atoms with E-state index in [9.17, 15) is 0 Å². The van der Waals surface area contributed by atoms with Gasteiger partial charge in [0.25, 0.3) is 0 Å². The number of hydrogen-bond acceptors (Lipinski definition) is 3. The zero-order valence-corrected chi connectivity index (χ0v) is 27.1. The number of para-hydroxylation sites is 2. The molecule has 0 atom stereocenters. The molecule has 0 amide bonds. The second-order valence-corrected chi connectivity index (χ2v) is 12.9. The molecule has 8 aromatic rings. The van der Waals surface area contributed by atoms with Gasteiger partial charge in [0.15, 0.2) is 5.82 Å². The van der Waals surface area contributed by atoms with Gasteiger partial charge in [-0.3, -0.25) is 0 Å². The van der Waals surface area contributed by atoms with E-state index in [1.807, 2.05) is 36.4 Å². The van der Waals surface area contributed by atoms with E-state index in [1.165, 1.54) is 22.3 Å². The normalized spacial score (nSPS) is 13.1. The van der Waals surface area contributed by atoms with Gasteiger partial charge in [-0.05, 0) is 39.9 Å². The lowest BCUT2D eigenvalue weighted by molar-refractivity contribution is 0.438. The van der Waals surface area contributed by atoms with Crippen molar-refractivity contribution in [2.45, 2.75) is 5.41 Å². The van der Waals surface area contributed by atoms with Gasteiger partial charge in [-0.25, -0.2) is 9.97 Å². The molecule has 0 radical (unpaired) electrons. The molecule has 50 heavy (non-hydrogen) atoms. The molecule has 0 N–H and O–H groups in total. The fraction of sp³-hybridized carbons (Fsp3) is 0.0213. The van der Waals surface area contributed by atoms with Crippen molar-refractivity contribution in [3.63, 3.8) is 0 Å². The molecule has 1 aliphatic carbocycles. The van der Waals surface area contributed by atoms with Gasteiger partial charge in [0.2, 0.25) is 0 Å². The van der Waals surface area contributed by atoms with Crippen LogP contribution < -0.4 is 4.74 Å². The minimum absolute atomic E-state index is 0.535. The highest BCUT2D eigenvalue weighted by Crippen LogP contribution is 2.63. The van der Waals surface area contributed by atoms with Crippen LogP contribution in [0.5, 0.6) is 11.5 Å². The summed E-state index contributed by atoms with van der Waals surface area (Å²) in [4.78, 5) is 10.4. The van der Waals surface area contributed by atoms with Gasteiger partial charge in [-0.15, -0.1) is 0 Å². The van der Waals surface area contributed by atoms with E-state index in [0.717, 1.165) is 61.8 Å². The Bertz CT molecular complexity index is 2470. The molecule has 2 heterocycles. The lowest BCUT2D eigenvalue weighted by atomic mass is 9.65. The number of ether oxygens (including phenoxy) is 1. The monoisotopic (exact) mass is 638 g/mol. The zero-order valence-electron chi connectivity index (χ0n) is 27.1. The number of fused-ring (bicyclic) bond motifs is 9. The third-order valence-corrected chi connectivity index (χ3v) is 10.2. The smallest absolute Gasteiger partial charge is 0.161 e. The minimum atomic E-state index is -0.535. The molecule has 0 unspecified atom stereocenters. The number of nitrogens with zero attached hydrogens (tertiary/aromatic N) is 2. The number of hydrogen-bond donors (Lipinski definition) is 0. The van der Waals surface area contributed by atoms with Gasteiger partial charge in [0.1, 0.15) is 11.5 Å². The van der Waals surface area contributed by atoms with E-state index in [-0.39, 0.29) is 0 Å². The van der Waals surface area contributed by atoms with Crippen molar-refractivity contribution in [3.8, 4) is 67.7 Å². The van der Waals surface area contributed by atoms with Gasteiger partial charge in [-0.1, -0.05) is 170 Å². The Hall–Kier alpha value is -6.58. The molecular formula is C47H30N2O. The highest BCUT2D eigenvalue weighted by atomic mass is 16.5. The SMILES string of the molecule is c1ccc(-c2cc(-c3ccccc3)nc(-c3ccccc3-c3cccc4c3Oc3ccccc3C43c4ccccc4-c4ccccc43)n2)cc1. The standard InChI is InChI=1S/C47H30N2O/c1-3-16-31(17-4-1)42-30-43(32-18-5-2-6-19-32)49-46(48-42)37-23-8-7-20-33(37)36-24-15-28-41-45(36)50-44-29-14-13-27-40(44)47(41)38-25-11-9-21-34(38)35-22-10-12-26-39(35)47/h1-30H. The Morgan fingerprint density at radius 3 is 1.44 bits per heavy atom. The first-order chi connectivity index (χ1) is 24.8. The summed E-state index contributed by atoms with van der Waals surface area (Å²) in [5.41, 5.74) is 13.6. The summed E-state index contributed by atoms with van der Waals surface area (Å²) >= 11 is 0. The molecule has 1 spiro atoms. The van der Waals surface area contributed by atoms with Gasteiger partial charge in [0, 0.05) is 33.4 Å². The van der Waals surface area contributed by atoms with Crippen molar-refractivity contribution < 1.29 is 4.74 Å². The second-order valence-electron chi connectivity index (χ2n) is 12.9. The largest absolute Gasteiger partial charge is 0.456 e. The summed E-state index contributed by atoms with van der Waals surface area (Å²) in [6.45, 7) is 0. The summed E-state index contributed by atoms with van der Waals surface area (Å²) in [7, 11) is 0. The number of aromatic nitrogens is 2. The molecule has 0 bridgehead atoms. The van der Waals surface area contributed by atoms with Crippen molar-refractivity contribution in [3.05, 3.63) is 204 Å². The van der Waals surface area contributed by atoms with E-state index in [2.05, 4.69) is 146 Å². The Balaban J connectivity index is 1.23. The second kappa shape index (κ2) is 11.3. The molecular weight excluding hydrogens is 609 g/mol. The molecule has 2 aliphatic rings. The van der Waals surface area contributed by atoms with Gasteiger partial charge in [0.05, 0.1) is 16.8 Å². The third-order valence-electron chi connectivity index (χ3n) is 10.2. The molecule has 3 heteroatoms. The first-order valence-electron chi connectivity index (χ1n) is 17.0. The predicted molar refractivity (Wildman–Crippen MR) is 201 cm³/mol. The van der Waals surface area contributed by atoms with E-state index >= 15 is 0 Å². The summed E-state index contributed by atoms with van der Waals surface area (Å²) in [6.07, 6.45) is 0. The van der Waals surface area contributed by atoms with Gasteiger partial charge in [-0.2, -0.15) is 0 Å². The predicted octanol–water partition coefficient (Wildman–Crippen LogP) is 11.6. The van der Waals surface area contributed by atoms with Crippen molar-refractivity contribution in [2.75, 3.05) is 0 Å². The van der Waals surface area contributed by atoms with E-state index in [4.69, 9.17) is 14.7 Å². The van der Waals surface area contributed by atoms with Crippen LogP contribution in [0.4, 0.5) is 0 Å². The van der Waals surface area contributed by atoms with Gasteiger partial charge < -0.3 is 4.74 Å².